The summed E-state index contributed by atoms with van der Waals surface area (Å²) >= 11 is 1.46. The van der Waals surface area contributed by atoms with Gasteiger partial charge in [0.05, 0.1) is 10.8 Å². The summed E-state index contributed by atoms with van der Waals surface area (Å²) in [6, 6.07) is 11.8. The van der Waals surface area contributed by atoms with Gasteiger partial charge in [0, 0.05) is 11.4 Å². The molecular formula is C16H18N2OS. The molecule has 1 aromatic heterocycles. The van der Waals surface area contributed by atoms with E-state index in [2.05, 4.69) is 10.3 Å². The number of aryl methyl sites for hydroxylation is 3. The minimum atomic E-state index is -0.0141. The van der Waals surface area contributed by atoms with Gasteiger partial charge < -0.3 is 5.32 Å². The second-order valence-electron chi connectivity index (χ2n) is 4.83. The number of benzene rings is 1. The fourth-order valence-electron chi connectivity index (χ4n) is 1.85. The van der Waals surface area contributed by atoms with E-state index in [-0.39, 0.29) is 5.91 Å². The highest BCUT2D eigenvalue weighted by Crippen LogP contribution is 2.18. The number of carbonyl (C=O) groups is 1. The highest BCUT2D eigenvalue weighted by Gasteiger charge is 2.05. The lowest BCUT2D eigenvalue weighted by Crippen LogP contribution is -2.14. The summed E-state index contributed by atoms with van der Waals surface area (Å²) in [7, 11) is 0. The maximum absolute atomic E-state index is 11.9. The van der Waals surface area contributed by atoms with Gasteiger partial charge in [-0.05, 0) is 50.6 Å². The molecule has 0 aliphatic rings. The molecule has 1 N–H and O–H groups in total. The number of nitrogens with zero attached hydrogens (tertiary/aromatic N) is 1. The van der Waals surface area contributed by atoms with E-state index in [0.29, 0.717) is 5.75 Å². The first-order valence-corrected chi connectivity index (χ1v) is 7.46. The number of carbonyl (C=O) groups excluding carboxylic acids is 1. The van der Waals surface area contributed by atoms with Crippen molar-refractivity contribution in [2.24, 2.45) is 0 Å². The Morgan fingerprint density at radius 2 is 1.80 bits per heavy atom. The SMILES string of the molecule is Cc1ccc(NC(=O)CSc2cc(C)cc(C)n2)cc1. The van der Waals surface area contributed by atoms with Crippen LogP contribution in [-0.2, 0) is 4.79 Å². The van der Waals surface area contributed by atoms with Crippen LogP contribution in [0.4, 0.5) is 5.69 Å². The van der Waals surface area contributed by atoms with E-state index in [4.69, 9.17) is 0 Å². The summed E-state index contributed by atoms with van der Waals surface area (Å²) in [6.07, 6.45) is 0. The van der Waals surface area contributed by atoms with Gasteiger partial charge in [-0.2, -0.15) is 0 Å². The molecule has 2 aromatic rings. The average molecular weight is 286 g/mol. The van der Waals surface area contributed by atoms with Crippen LogP contribution in [0.25, 0.3) is 0 Å². The largest absolute Gasteiger partial charge is 0.325 e. The van der Waals surface area contributed by atoms with Crippen molar-refractivity contribution in [3.8, 4) is 0 Å². The van der Waals surface area contributed by atoms with Crippen molar-refractivity contribution in [2.75, 3.05) is 11.1 Å². The van der Waals surface area contributed by atoms with Gasteiger partial charge in [-0.25, -0.2) is 4.98 Å². The van der Waals surface area contributed by atoms with E-state index in [1.165, 1.54) is 22.9 Å². The number of pyridine rings is 1. The Balaban J connectivity index is 1.90. The molecule has 0 bridgehead atoms. The van der Waals surface area contributed by atoms with E-state index >= 15 is 0 Å². The van der Waals surface area contributed by atoms with E-state index in [0.717, 1.165) is 16.4 Å². The topological polar surface area (TPSA) is 42.0 Å². The molecule has 3 nitrogen and oxygen atoms in total. The van der Waals surface area contributed by atoms with E-state index in [9.17, 15) is 4.79 Å². The Bertz CT molecular complexity index is 588. The van der Waals surface area contributed by atoms with Crippen LogP contribution in [0.1, 0.15) is 16.8 Å². The lowest BCUT2D eigenvalue weighted by atomic mass is 10.2. The Hall–Kier alpha value is -1.81. The van der Waals surface area contributed by atoms with E-state index in [1.807, 2.05) is 57.2 Å². The molecule has 0 aliphatic carbocycles. The summed E-state index contributed by atoms with van der Waals surface area (Å²) in [6.45, 7) is 6.02. The highest BCUT2D eigenvalue weighted by atomic mass is 32.2. The zero-order valence-corrected chi connectivity index (χ0v) is 12.8. The summed E-state index contributed by atoms with van der Waals surface area (Å²) in [5.74, 6) is 0.351. The molecule has 0 atom stereocenters. The van der Waals surface area contributed by atoms with Crippen molar-refractivity contribution in [3.05, 3.63) is 53.2 Å². The zero-order valence-electron chi connectivity index (χ0n) is 11.9. The van der Waals surface area contributed by atoms with Crippen LogP contribution < -0.4 is 5.32 Å². The first-order chi connectivity index (χ1) is 9.52. The summed E-state index contributed by atoms with van der Waals surface area (Å²) < 4.78 is 0. The van der Waals surface area contributed by atoms with Crippen molar-refractivity contribution in [2.45, 2.75) is 25.8 Å². The number of nitrogens with one attached hydrogen (secondary N) is 1. The fourth-order valence-corrected chi connectivity index (χ4v) is 2.68. The van der Waals surface area contributed by atoms with E-state index < -0.39 is 0 Å². The van der Waals surface area contributed by atoms with Crippen molar-refractivity contribution in [1.82, 2.24) is 4.98 Å². The van der Waals surface area contributed by atoms with Gasteiger partial charge in [0.15, 0.2) is 0 Å². The molecule has 0 saturated carbocycles. The average Bonchev–Trinajstić information content (AvgIpc) is 2.38. The number of aromatic nitrogens is 1. The van der Waals surface area contributed by atoms with Crippen LogP contribution in [0, 0.1) is 20.8 Å². The second kappa shape index (κ2) is 6.57. The van der Waals surface area contributed by atoms with Gasteiger partial charge in [-0.15, -0.1) is 0 Å². The van der Waals surface area contributed by atoms with Crippen molar-refractivity contribution in [3.63, 3.8) is 0 Å². The zero-order chi connectivity index (χ0) is 14.5. The number of anilines is 1. The molecule has 0 aliphatic heterocycles. The Labute approximate surface area is 123 Å². The molecule has 0 unspecified atom stereocenters. The maximum atomic E-state index is 11.9. The lowest BCUT2D eigenvalue weighted by molar-refractivity contribution is -0.113. The highest BCUT2D eigenvalue weighted by molar-refractivity contribution is 7.99. The van der Waals surface area contributed by atoms with Gasteiger partial charge >= 0.3 is 0 Å². The standard InChI is InChI=1S/C16H18N2OS/c1-11-4-6-14(7-5-11)18-15(19)10-20-16-9-12(2)8-13(3)17-16/h4-9H,10H2,1-3H3,(H,18,19). The molecule has 20 heavy (non-hydrogen) atoms. The van der Waals surface area contributed by atoms with Crippen LogP contribution >= 0.6 is 11.8 Å². The molecular weight excluding hydrogens is 268 g/mol. The Kier molecular flexibility index (Phi) is 4.79. The quantitative estimate of drug-likeness (QED) is 0.871. The minimum Gasteiger partial charge on any atom is -0.325 e. The summed E-state index contributed by atoms with van der Waals surface area (Å²) in [5.41, 5.74) is 4.15. The molecule has 1 amide bonds. The van der Waals surface area contributed by atoms with Crippen LogP contribution in [0.2, 0.25) is 0 Å². The van der Waals surface area contributed by atoms with Crippen molar-refractivity contribution >= 4 is 23.4 Å². The van der Waals surface area contributed by atoms with Crippen LogP contribution in [-0.4, -0.2) is 16.6 Å². The number of hydrogen-bond donors (Lipinski definition) is 1. The first-order valence-electron chi connectivity index (χ1n) is 6.47. The molecule has 0 spiro atoms. The smallest absolute Gasteiger partial charge is 0.234 e. The van der Waals surface area contributed by atoms with Crippen LogP contribution in [0.5, 0.6) is 0 Å². The number of thioether (sulfide) groups is 1. The predicted molar refractivity (Wildman–Crippen MR) is 84.2 cm³/mol. The van der Waals surface area contributed by atoms with Crippen molar-refractivity contribution in [1.29, 1.82) is 0 Å². The predicted octanol–water partition coefficient (Wildman–Crippen LogP) is 3.74. The first kappa shape index (κ1) is 14.6. The van der Waals surface area contributed by atoms with Crippen LogP contribution in [0.3, 0.4) is 0 Å². The normalized spacial score (nSPS) is 10.3. The maximum Gasteiger partial charge on any atom is 0.234 e. The third kappa shape index (κ3) is 4.38. The molecule has 0 radical (unpaired) electrons. The van der Waals surface area contributed by atoms with Gasteiger partial charge in [-0.1, -0.05) is 29.5 Å². The molecule has 104 valence electrons. The van der Waals surface area contributed by atoms with Gasteiger partial charge in [-0.3, -0.25) is 4.79 Å². The van der Waals surface area contributed by atoms with Gasteiger partial charge in [0.2, 0.25) is 5.91 Å². The number of hydrogen-bond acceptors (Lipinski definition) is 3. The molecule has 0 saturated heterocycles. The summed E-state index contributed by atoms with van der Waals surface area (Å²) in [4.78, 5) is 16.3. The monoisotopic (exact) mass is 286 g/mol. The number of rotatable bonds is 4. The minimum absolute atomic E-state index is 0.0141. The molecule has 1 aromatic carbocycles. The summed E-state index contributed by atoms with van der Waals surface area (Å²) in [5, 5.41) is 3.77. The van der Waals surface area contributed by atoms with Crippen molar-refractivity contribution < 1.29 is 4.79 Å². The molecule has 1 heterocycles. The lowest BCUT2D eigenvalue weighted by Gasteiger charge is -2.06. The molecule has 4 heteroatoms. The van der Waals surface area contributed by atoms with Gasteiger partial charge in [0.1, 0.15) is 0 Å². The Morgan fingerprint density at radius 3 is 2.45 bits per heavy atom. The van der Waals surface area contributed by atoms with E-state index in [1.54, 1.807) is 0 Å². The van der Waals surface area contributed by atoms with Gasteiger partial charge in [0.25, 0.3) is 0 Å². The second-order valence-corrected chi connectivity index (χ2v) is 5.82. The number of amides is 1. The third-order valence-corrected chi connectivity index (χ3v) is 3.67. The fraction of sp³-hybridized carbons (Fsp3) is 0.250. The third-order valence-electron chi connectivity index (χ3n) is 2.76. The Morgan fingerprint density at radius 1 is 1.10 bits per heavy atom. The molecule has 2 rings (SSSR count). The molecule has 0 fully saturated rings. The van der Waals surface area contributed by atoms with Crippen LogP contribution in [0.15, 0.2) is 41.4 Å².